The highest BCUT2D eigenvalue weighted by Gasteiger charge is 2.10. The molecule has 0 unspecified atom stereocenters. The number of carbonyl (C=O) groups excluding carboxylic acids is 2. The molecule has 0 aliphatic heterocycles. The molecule has 0 saturated carbocycles. The van der Waals surface area contributed by atoms with Gasteiger partial charge in [-0.15, -0.1) is 0 Å². The van der Waals surface area contributed by atoms with E-state index in [1.807, 2.05) is 0 Å². The van der Waals surface area contributed by atoms with E-state index in [2.05, 4.69) is 5.32 Å². The lowest BCUT2D eigenvalue weighted by Gasteiger charge is -2.12. The Kier molecular flexibility index (Phi) is 5.62. The average molecular weight is 330 g/mol. The number of anilines is 1. The summed E-state index contributed by atoms with van der Waals surface area (Å²) >= 11 is 0. The second-order valence-corrected chi connectivity index (χ2v) is 4.79. The molecule has 3 N–H and O–H groups in total. The maximum atomic E-state index is 12.0. The lowest BCUT2D eigenvalue weighted by molar-refractivity contribution is -0.118. The van der Waals surface area contributed by atoms with E-state index < -0.39 is 5.91 Å². The van der Waals surface area contributed by atoms with Gasteiger partial charge in [0.2, 0.25) is 5.91 Å². The van der Waals surface area contributed by atoms with Crippen molar-refractivity contribution >= 4 is 17.5 Å². The summed E-state index contributed by atoms with van der Waals surface area (Å²) in [7, 11) is 3.04. The fourth-order valence-corrected chi connectivity index (χ4v) is 1.96. The molecule has 0 heterocycles. The van der Waals surface area contributed by atoms with E-state index >= 15 is 0 Å². The second kappa shape index (κ2) is 7.87. The zero-order valence-electron chi connectivity index (χ0n) is 13.4. The van der Waals surface area contributed by atoms with Crippen molar-refractivity contribution in [3.63, 3.8) is 0 Å². The smallest absolute Gasteiger partial charge is 0.262 e. The lowest BCUT2D eigenvalue weighted by Crippen LogP contribution is -2.20. The summed E-state index contributed by atoms with van der Waals surface area (Å²) in [5.74, 6) is 0.668. The van der Waals surface area contributed by atoms with Crippen molar-refractivity contribution in [3.05, 3.63) is 48.0 Å². The van der Waals surface area contributed by atoms with Crippen molar-refractivity contribution in [2.24, 2.45) is 5.73 Å². The number of hydrogen-bond acceptors (Lipinski definition) is 5. The molecular weight excluding hydrogens is 312 g/mol. The largest absolute Gasteiger partial charge is 0.497 e. The van der Waals surface area contributed by atoms with E-state index in [1.165, 1.54) is 26.4 Å². The molecule has 24 heavy (non-hydrogen) atoms. The van der Waals surface area contributed by atoms with Gasteiger partial charge in [0.05, 0.1) is 19.9 Å². The Bertz CT molecular complexity index is 728. The molecule has 0 atom stereocenters. The third-order valence-electron chi connectivity index (χ3n) is 3.19. The Morgan fingerprint density at radius 1 is 1.00 bits per heavy atom. The first-order valence-electron chi connectivity index (χ1n) is 7.08. The summed E-state index contributed by atoms with van der Waals surface area (Å²) < 4.78 is 15.7. The topological polar surface area (TPSA) is 99.9 Å². The van der Waals surface area contributed by atoms with E-state index in [-0.39, 0.29) is 12.5 Å². The van der Waals surface area contributed by atoms with Crippen LogP contribution in [0, 0.1) is 0 Å². The summed E-state index contributed by atoms with van der Waals surface area (Å²) in [5.41, 5.74) is 6.01. The predicted molar refractivity (Wildman–Crippen MR) is 88.6 cm³/mol. The standard InChI is InChI=1S/C17H18N2O5/c1-22-13-7-8-15(23-2)14(9-13)19-16(20)10-24-12-5-3-11(4-6-12)17(18)21/h3-9H,10H2,1-2H3,(H2,18,21)(H,19,20). The molecule has 0 bridgehead atoms. The summed E-state index contributed by atoms with van der Waals surface area (Å²) in [4.78, 5) is 23.0. The Morgan fingerprint density at radius 3 is 2.25 bits per heavy atom. The number of rotatable bonds is 7. The second-order valence-electron chi connectivity index (χ2n) is 4.79. The van der Waals surface area contributed by atoms with E-state index in [0.717, 1.165) is 0 Å². The van der Waals surface area contributed by atoms with Crippen LogP contribution in [0.2, 0.25) is 0 Å². The van der Waals surface area contributed by atoms with Gasteiger partial charge in [0.25, 0.3) is 5.91 Å². The van der Waals surface area contributed by atoms with E-state index in [4.69, 9.17) is 19.9 Å². The molecular formula is C17H18N2O5. The zero-order valence-corrected chi connectivity index (χ0v) is 13.4. The molecule has 2 aromatic carbocycles. The average Bonchev–Trinajstić information content (AvgIpc) is 2.60. The van der Waals surface area contributed by atoms with Gasteiger partial charge in [-0.25, -0.2) is 0 Å². The van der Waals surface area contributed by atoms with Crippen LogP contribution in [0.3, 0.4) is 0 Å². The molecule has 0 radical (unpaired) electrons. The van der Waals surface area contributed by atoms with Crippen molar-refractivity contribution in [1.82, 2.24) is 0 Å². The summed E-state index contributed by atoms with van der Waals surface area (Å²) in [6, 6.07) is 11.3. The van der Waals surface area contributed by atoms with Crippen LogP contribution in [0.15, 0.2) is 42.5 Å². The van der Waals surface area contributed by atoms with Crippen molar-refractivity contribution in [1.29, 1.82) is 0 Å². The fourth-order valence-electron chi connectivity index (χ4n) is 1.96. The van der Waals surface area contributed by atoms with E-state index in [1.54, 1.807) is 30.3 Å². The Labute approximate surface area is 139 Å². The fraction of sp³-hybridized carbons (Fsp3) is 0.176. The first-order valence-corrected chi connectivity index (χ1v) is 7.08. The van der Waals surface area contributed by atoms with Crippen molar-refractivity contribution in [2.45, 2.75) is 0 Å². The maximum Gasteiger partial charge on any atom is 0.262 e. The SMILES string of the molecule is COc1ccc(OC)c(NC(=O)COc2ccc(C(N)=O)cc2)c1. The molecule has 0 aromatic heterocycles. The lowest BCUT2D eigenvalue weighted by atomic mass is 10.2. The first-order chi connectivity index (χ1) is 11.5. The molecule has 7 nitrogen and oxygen atoms in total. The number of hydrogen-bond donors (Lipinski definition) is 2. The van der Waals surface area contributed by atoms with Crippen molar-refractivity contribution in [2.75, 3.05) is 26.1 Å². The van der Waals surface area contributed by atoms with Crippen molar-refractivity contribution in [3.8, 4) is 17.2 Å². The van der Waals surface area contributed by atoms with Gasteiger partial charge in [-0.05, 0) is 36.4 Å². The normalized spacial score (nSPS) is 9.92. The first kappa shape index (κ1) is 17.1. The Hall–Kier alpha value is -3.22. The summed E-state index contributed by atoms with van der Waals surface area (Å²) in [6.45, 7) is -0.198. The third kappa shape index (κ3) is 4.39. The third-order valence-corrected chi connectivity index (χ3v) is 3.19. The number of nitrogens with one attached hydrogen (secondary N) is 1. The quantitative estimate of drug-likeness (QED) is 0.806. The highest BCUT2D eigenvalue weighted by Crippen LogP contribution is 2.28. The van der Waals surface area contributed by atoms with Crippen LogP contribution in [0.4, 0.5) is 5.69 Å². The van der Waals surface area contributed by atoms with Gasteiger partial charge in [0.15, 0.2) is 6.61 Å². The molecule has 126 valence electrons. The molecule has 0 aliphatic rings. The minimum Gasteiger partial charge on any atom is -0.497 e. The van der Waals surface area contributed by atoms with E-state index in [9.17, 15) is 9.59 Å². The Morgan fingerprint density at radius 2 is 1.67 bits per heavy atom. The molecule has 0 fully saturated rings. The monoisotopic (exact) mass is 330 g/mol. The van der Waals surface area contributed by atoms with Crippen molar-refractivity contribution < 1.29 is 23.8 Å². The Balaban J connectivity index is 1.97. The van der Waals surface area contributed by atoms with Crippen LogP contribution in [0.5, 0.6) is 17.2 Å². The molecule has 0 aliphatic carbocycles. The molecule has 0 spiro atoms. The maximum absolute atomic E-state index is 12.0. The number of carbonyl (C=O) groups is 2. The van der Waals surface area contributed by atoms with Gasteiger partial charge in [-0.3, -0.25) is 9.59 Å². The number of methoxy groups -OCH3 is 2. The summed E-state index contributed by atoms with van der Waals surface area (Å²) in [5, 5.41) is 2.69. The molecule has 2 rings (SSSR count). The molecule has 2 amide bonds. The minimum absolute atomic E-state index is 0.198. The number of amides is 2. The van der Waals surface area contributed by atoms with Crippen LogP contribution in [-0.4, -0.2) is 32.6 Å². The van der Waals surface area contributed by atoms with Crippen LogP contribution in [-0.2, 0) is 4.79 Å². The van der Waals surface area contributed by atoms with Gasteiger partial charge < -0.3 is 25.3 Å². The molecule has 0 saturated heterocycles. The number of ether oxygens (including phenoxy) is 3. The highest BCUT2D eigenvalue weighted by atomic mass is 16.5. The van der Waals surface area contributed by atoms with Gasteiger partial charge in [0.1, 0.15) is 17.2 Å². The van der Waals surface area contributed by atoms with Gasteiger partial charge in [0, 0.05) is 11.6 Å². The number of nitrogens with two attached hydrogens (primary N) is 1. The van der Waals surface area contributed by atoms with Crippen LogP contribution < -0.4 is 25.3 Å². The number of primary amides is 1. The van der Waals surface area contributed by atoms with E-state index in [0.29, 0.717) is 28.5 Å². The zero-order chi connectivity index (χ0) is 17.5. The van der Waals surface area contributed by atoms with Gasteiger partial charge in [-0.1, -0.05) is 0 Å². The van der Waals surface area contributed by atoms with Gasteiger partial charge >= 0.3 is 0 Å². The minimum atomic E-state index is -0.524. The van der Waals surface area contributed by atoms with Crippen LogP contribution in [0.1, 0.15) is 10.4 Å². The van der Waals surface area contributed by atoms with Crippen LogP contribution in [0.25, 0.3) is 0 Å². The molecule has 7 heteroatoms. The highest BCUT2D eigenvalue weighted by molar-refractivity contribution is 5.94. The van der Waals surface area contributed by atoms with Gasteiger partial charge in [-0.2, -0.15) is 0 Å². The molecule has 2 aromatic rings. The summed E-state index contributed by atoms with van der Waals surface area (Å²) in [6.07, 6.45) is 0. The number of benzene rings is 2. The van der Waals surface area contributed by atoms with Crippen LogP contribution >= 0.6 is 0 Å². The predicted octanol–water partition coefficient (Wildman–Crippen LogP) is 1.82.